The maximum Gasteiger partial charge on any atom is 0.175 e. The largest absolute Gasteiger partial charge is 0.316 e. The standard InChI is InChI=1S/C14H21NO2S/c1-11-8-14(18(2,16)17)6-5-13(11)9-12-4-3-7-15-10-12/h5-6,8,12,15H,3-4,7,9-10H2,1-2H3. The highest BCUT2D eigenvalue weighted by atomic mass is 32.2. The lowest BCUT2D eigenvalue weighted by Gasteiger charge is -2.23. The zero-order chi connectivity index (χ0) is 13.2. The minimum atomic E-state index is -3.09. The number of sulfone groups is 1. The minimum absolute atomic E-state index is 0.422. The van der Waals surface area contributed by atoms with E-state index in [1.54, 1.807) is 12.1 Å². The first-order valence-electron chi connectivity index (χ1n) is 6.47. The number of nitrogens with one attached hydrogen (secondary N) is 1. The Labute approximate surface area is 110 Å². The fourth-order valence-electron chi connectivity index (χ4n) is 2.54. The van der Waals surface area contributed by atoms with Crippen LogP contribution in [0.4, 0.5) is 0 Å². The molecule has 100 valence electrons. The summed E-state index contributed by atoms with van der Waals surface area (Å²) < 4.78 is 23.0. The van der Waals surface area contributed by atoms with E-state index < -0.39 is 9.84 Å². The predicted molar refractivity (Wildman–Crippen MR) is 73.6 cm³/mol. The van der Waals surface area contributed by atoms with Crippen LogP contribution in [-0.4, -0.2) is 27.8 Å². The summed E-state index contributed by atoms with van der Waals surface area (Å²) in [6.07, 6.45) is 4.81. The number of hydrogen-bond acceptors (Lipinski definition) is 3. The van der Waals surface area contributed by atoms with Gasteiger partial charge in [-0.2, -0.15) is 0 Å². The van der Waals surface area contributed by atoms with Crippen molar-refractivity contribution in [2.24, 2.45) is 5.92 Å². The van der Waals surface area contributed by atoms with Gasteiger partial charge < -0.3 is 5.32 Å². The van der Waals surface area contributed by atoms with Gasteiger partial charge in [-0.05, 0) is 68.5 Å². The van der Waals surface area contributed by atoms with E-state index in [0.717, 1.165) is 25.1 Å². The molecule has 2 rings (SSSR count). The Bertz CT molecular complexity index is 517. The van der Waals surface area contributed by atoms with Gasteiger partial charge in [-0.15, -0.1) is 0 Å². The monoisotopic (exact) mass is 267 g/mol. The molecular formula is C14H21NO2S. The highest BCUT2D eigenvalue weighted by molar-refractivity contribution is 7.90. The van der Waals surface area contributed by atoms with Crippen LogP contribution in [0.25, 0.3) is 0 Å². The molecule has 0 radical (unpaired) electrons. The fraction of sp³-hybridized carbons (Fsp3) is 0.571. The van der Waals surface area contributed by atoms with E-state index in [0.29, 0.717) is 10.8 Å². The molecular weight excluding hydrogens is 246 g/mol. The van der Waals surface area contributed by atoms with Crippen LogP contribution in [0.15, 0.2) is 23.1 Å². The molecule has 1 unspecified atom stereocenters. The average molecular weight is 267 g/mol. The van der Waals surface area contributed by atoms with E-state index >= 15 is 0 Å². The summed E-state index contributed by atoms with van der Waals surface area (Å²) >= 11 is 0. The van der Waals surface area contributed by atoms with E-state index in [1.165, 1.54) is 24.7 Å². The van der Waals surface area contributed by atoms with Gasteiger partial charge in [-0.1, -0.05) is 6.07 Å². The Morgan fingerprint density at radius 1 is 1.39 bits per heavy atom. The Kier molecular flexibility index (Phi) is 4.07. The van der Waals surface area contributed by atoms with Crippen molar-refractivity contribution in [3.05, 3.63) is 29.3 Å². The summed E-state index contributed by atoms with van der Waals surface area (Å²) in [4.78, 5) is 0.422. The van der Waals surface area contributed by atoms with Crippen molar-refractivity contribution in [1.82, 2.24) is 5.32 Å². The maximum atomic E-state index is 11.5. The quantitative estimate of drug-likeness (QED) is 0.910. The Hall–Kier alpha value is -0.870. The van der Waals surface area contributed by atoms with E-state index in [-0.39, 0.29) is 0 Å². The number of hydrogen-bond donors (Lipinski definition) is 1. The second kappa shape index (κ2) is 5.41. The molecule has 0 spiro atoms. The third kappa shape index (κ3) is 3.33. The van der Waals surface area contributed by atoms with Gasteiger partial charge in [0.15, 0.2) is 9.84 Å². The first-order chi connectivity index (χ1) is 8.47. The first-order valence-corrected chi connectivity index (χ1v) is 8.36. The number of piperidine rings is 1. The lowest BCUT2D eigenvalue weighted by Crippen LogP contribution is -2.31. The second-order valence-corrected chi connectivity index (χ2v) is 7.29. The van der Waals surface area contributed by atoms with Crippen LogP contribution in [0, 0.1) is 12.8 Å². The van der Waals surface area contributed by atoms with Gasteiger partial charge >= 0.3 is 0 Å². The molecule has 1 saturated heterocycles. The van der Waals surface area contributed by atoms with Crippen molar-refractivity contribution < 1.29 is 8.42 Å². The van der Waals surface area contributed by atoms with Crippen LogP contribution in [-0.2, 0) is 16.3 Å². The van der Waals surface area contributed by atoms with Crippen molar-refractivity contribution in [3.63, 3.8) is 0 Å². The first kappa shape index (κ1) is 13.6. The van der Waals surface area contributed by atoms with Crippen molar-refractivity contribution >= 4 is 9.84 Å². The molecule has 0 aliphatic carbocycles. The molecule has 0 saturated carbocycles. The minimum Gasteiger partial charge on any atom is -0.316 e. The summed E-state index contributed by atoms with van der Waals surface area (Å²) in [5.41, 5.74) is 2.36. The molecule has 1 aromatic rings. The van der Waals surface area contributed by atoms with Gasteiger partial charge in [-0.25, -0.2) is 8.42 Å². The predicted octanol–water partition coefficient (Wildman–Crippen LogP) is 1.94. The molecule has 1 heterocycles. The summed E-state index contributed by atoms with van der Waals surface area (Å²) in [5.74, 6) is 0.682. The molecule has 1 fully saturated rings. The SMILES string of the molecule is Cc1cc(S(C)(=O)=O)ccc1CC1CCCNC1. The normalized spacial score (nSPS) is 20.9. The van der Waals surface area contributed by atoms with Crippen LogP contribution in [0.5, 0.6) is 0 Å². The van der Waals surface area contributed by atoms with Gasteiger partial charge in [0.05, 0.1) is 4.90 Å². The van der Waals surface area contributed by atoms with Gasteiger partial charge in [-0.3, -0.25) is 0 Å². The third-order valence-electron chi connectivity index (χ3n) is 3.65. The molecule has 0 aromatic heterocycles. The molecule has 1 aliphatic rings. The highest BCUT2D eigenvalue weighted by Gasteiger charge is 2.15. The number of rotatable bonds is 3. The molecule has 1 aliphatic heterocycles. The third-order valence-corrected chi connectivity index (χ3v) is 4.76. The molecule has 3 nitrogen and oxygen atoms in total. The van der Waals surface area contributed by atoms with Crippen molar-refractivity contribution in [2.75, 3.05) is 19.3 Å². The van der Waals surface area contributed by atoms with Crippen molar-refractivity contribution in [2.45, 2.75) is 31.1 Å². The van der Waals surface area contributed by atoms with Crippen LogP contribution < -0.4 is 5.32 Å². The lowest BCUT2D eigenvalue weighted by atomic mass is 9.90. The van der Waals surface area contributed by atoms with Crippen LogP contribution in [0.1, 0.15) is 24.0 Å². The Morgan fingerprint density at radius 3 is 2.72 bits per heavy atom. The van der Waals surface area contributed by atoms with E-state index in [4.69, 9.17) is 0 Å². The van der Waals surface area contributed by atoms with Crippen LogP contribution in [0.3, 0.4) is 0 Å². The fourth-order valence-corrected chi connectivity index (χ4v) is 3.24. The highest BCUT2D eigenvalue weighted by Crippen LogP contribution is 2.21. The molecule has 4 heteroatoms. The number of aryl methyl sites for hydroxylation is 1. The molecule has 18 heavy (non-hydrogen) atoms. The van der Waals surface area contributed by atoms with Gasteiger partial charge in [0.1, 0.15) is 0 Å². The summed E-state index contributed by atoms with van der Waals surface area (Å²) in [7, 11) is -3.09. The summed E-state index contributed by atoms with van der Waals surface area (Å²) in [6.45, 7) is 4.20. The Balaban J connectivity index is 2.14. The summed E-state index contributed by atoms with van der Waals surface area (Å²) in [5, 5.41) is 3.41. The Morgan fingerprint density at radius 2 is 2.17 bits per heavy atom. The average Bonchev–Trinajstić information content (AvgIpc) is 2.32. The maximum absolute atomic E-state index is 11.5. The van der Waals surface area contributed by atoms with Gasteiger partial charge in [0, 0.05) is 6.26 Å². The smallest absolute Gasteiger partial charge is 0.175 e. The zero-order valence-electron chi connectivity index (χ0n) is 11.1. The van der Waals surface area contributed by atoms with Crippen molar-refractivity contribution in [3.8, 4) is 0 Å². The lowest BCUT2D eigenvalue weighted by molar-refractivity contribution is 0.375. The summed E-state index contributed by atoms with van der Waals surface area (Å²) in [6, 6.07) is 5.50. The van der Waals surface area contributed by atoms with Crippen LogP contribution >= 0.6 is 0 Å². The van der Waals surface area contributed by atoms with Gasteiger partial charge in [0.2, 0.25) is 0 Å². The molecule has 1 aromatic carbocycles. The van der Waals surface area contributed by atoms with E-state index in [9.17, 15) is 8.42 Å². The topological polar surface area (TPSA) is 46.2 Å². The van der Waals surface area contributed by atoms with Gasteiger partial charge in [0.25, 0.3) is 0 Å². The molecule has 1 atom stereocenters. The van der Waals surface area contributed by atoms with E-state index in [2.05, 4.69) is 5.32 Å². The number of benzene rings is 1. The van der Waals surface area contributed by atoms with Crippen LogP contribution in [0.2, 0.25) is 0 Å². The van der Waals surface area contributed by atoms with E-state index in [1.807, 2.05) is 13.0 Å². The molecule has 0 bridgehead atoms. The molecule has 1 N–H and O–H groups in total. The zero-order valence-corrected chi connectivity index (χ0v) is 11.9. The molecule has 0 amide bonds. The van der Waals surface area contributed by atoms with Crippen molar-refractivity contribution in [1.29, 1.82) is 0 Å². The second-order valence-electron chi connectivity index (χ2n) is 5.28.